The largest absolute Gasteiger partial charge is 0.490 e. The van der Waals surface area contributed by atoms with Gasteiger partial charge in [-0.05, 0) is 31.4 Å². The maximum atomic E-state index is 12.5. The number of halogens is 3. The first-order chi connectivity index (χ1) is 14.6. The topological polar surface area (TPSA) is 100 Å². The van der Waals surface area contributed by atoms with Crippen LogP contribution in [0.1, 0.15) is 29.6 Å². The number of carbonyl (C=O) groups excluding carboxylic acids is 2. The Bertz CT molecular complexity index is 806. The molecule has 31 heavy (non-hydrogen) atoms. The van der Waals surface area contributed by atoms with Crippen LogP contribution in [0.2, 0.25) is 0 Å². The molecule has 0 bridgehead atoms. The minimum absolute atomic E-state index is 0.0502. The molecule has 8 nitrogen and oxygen atoms in total. The second-order valence-electron chi connectivity index (χ2n) is 8.10. The maximum Gasteiger partial charge on any atom is 0.490 e. The SMILES string of the molecule is O=C(O)C(F)(F)F.O=C(c1cccnc1)N1CCC2(C1)CN(C(=O)C1CCOCC1)C2. The van der Waals surface area contributed by atoms with E-state index < -0.39 is 12.1 Å². The number of pyridine rings is 1. The molecular weight excluding hydrogens is 419 g/mol. The number of aliphatic carboxylic acids is 1. The van der Waals surface area contributed by atoms with Crippen LogP contribution in [0, 0.1) is 11.3 Å². The molecule has 4 rings (SSSR count). The fourth-order valence-electron chi connectivity index (χ4n) is 4.16. The molecule has 0 aliphatic carbocycles. The van der Waals surface area contributed by atoms with Crippen molar-refractivity contribution in [2.24, 2.45) is 11.3 Å². The highest BCUT2D eigenvalue weighted by molar-refractivity contribution is 5.94. The van der Waals surface area contributed by atoms with Crippen LogP contribution in [0.25, 0.3) is 0 Å². The van der Waals surface area contributed by atoms with Crippen LogP contribution in [-0.2, 0) is 14.3 Å². The predicted molar refractivity (Wildman–Crippen MR) is 101 cm³/mol. The van der Waals surface area contributed by atoms with Crippen molar-refractivity contribution in [3.8, 4) is 0 Å². The number of rotatable bonds is 2. The number of nitrogens with zero attached hydrogens (tertiary/aromatic N) is 3. The van der Waals surface area contributed by atoms with E-state index in [-0.39, 0.29) is 23.1 Å². The Morgan fingerprint density at radius 3 is 2.29 bits per heavy atom. The first kappa shape index (κ1) is 23.0. The second kappa shape index (κ2) is 9.21. The minimum Gasteiger partial charge on any atom is -0.475 e. The molecule has 0 saturated carbocycles. The Morgan fingerprint density at radius 2 is 1.74 bits per heavy atom. The van der Waals surface area contributed by atoms with Gasteiger partial charge in [0.15, 0.2) is 0 Å². The normalized spacial score (nSPS) is 20.6. The summed E-state index contributed by atoms with van der Waals surface area (Å²) in [5.41, 5.74) is 0.752. The Labute approximate surface area is 177 Å². The molecule has 2 amide bonds. The molecule has 0 radical (unpaired) electrons. The summed E-state index contributed by atoms with van der Waals surface area (Å²) in [6.45, 7) is 4.50. The highest BCUT2D eigenvalue weighted by Crippen LogP contribution is 2.41. The summed E-state index contributed by atoms with van der Waals surface area (Å²) in [7, 11) is 0. The third-order valence-corrected chi connectivity index (χ3v) is 5.81. The zero-order valence-corrected chi connectivity index (χ0v) is 16.8. The van der Waals surface area contributed by atoms with Gasteiger partial charge in [-0.2, -0.15) is 13.2 Å². The number of carboxylic acids is 1. The van der Waals surface area contributed by atoms with Crippen LogP contribution in [0.3, 0.4) is 0 Å². The third kappa shape index (κ3) is 5.52. The van der Waals surface area contributed by atoms with Gasteiger partial charge in [0, 0.05) is 63.1 Å². The minimum atomic E-state index is -5.08. The average Bonchev–Trinajstić information content (AvgIpc) is 3.18. The number of hydrogen-bond donors (Lipinski definition) is 1. The molecule has 170 valence electrons. The van der Waals surface area contributed by atoms with Gasteiger partial charge < -0.3 is 19.6 Å². The van der Waals surface area contributed by atoms with E-state index in [9.17, 15) is 22.8 Å². The van der Waals surface area contributed by atoms with E-state index in [0.29, 0.717) is 18.8 Å². The van der Waals surface area contributed by atoms with E-state index in [1.165, 1.54) is 0 Å². The second-order valence-corrected chi connectivity index (χ2v) is 8.10. The standard InChI is InChI=1S/C18H23N3O3.C2HF3O2/c22-16(14-3-8-24-9-4-14)21-12-18(13-21)5-7-20(11-18)17(23)15-2-1-6-19-10-15;3-2(4,5)1(6)7/h1-2,6,10,14H,3-5,7-9,11-13H2;(H,6,7). The number of carboxylic acid groups (broad SMARTS) is 1. The van der Waals surface area contributed by atoms with Gasteiger partial charge in [0.05, 0.1) is 5.56 Å². The number of carbonyl (C=O) groups is 3. The van der Waals surface area contributed by atoms with Crippen molar-refractivity contribution < 1.29 is 37.4 Å². The van der Waals surface area contributed by atoms with Gasteiger partial charge in [-0.15, -0.1) is 0 Å². The quantitative estimate of drug-likeness (QED) is 0.749. The smallest absolute Gasteiger partial charge is 0.475 e. The van der Waals surface area contributed by atoms with Gasteiger partial charge in [-0.25, -0.2) is 4.79 Å². The molecule has 1 aromatic heterocycles. The summed E-state index contributed by atoms with van der Waals surface area (Å²) in [5.74, 6) is -2.30. The molecule has 3 saturated heterocycles. The van der Waals surface area contributed by atoms with E-state index in [1.54, 1.807) is 18.5 Å². The highest BCUT2D eigenvalue weighted by atomic mass is 19.4. The van der Waals surface area contributed by atoms with Crippen LogP contribution in [-0.4, -0.2) is 83.2 Å². The Balaban J connectivity index is 0.000000339. The maximum absolute atomic E-state index is 12.5. The average molecular weight is 443 g/mol. The molecule has 3 aliphatic heterocycles. The van der Waals surface area contributed by atoms with Crippen molar-refractivity contribution in [3.63, 3.8) is 0 Å². The van der Waals surface area contributed by atoms with Gasteiger partial charge in [0.25, 0.3) is 5.91 Å². The van der Waals surface area contributed by atoms with Crippen LogP contribution in [0.4, 0.5) is 13.2 Å². The summed E-state index contributed by atoms with van der Waals surface area (Å²) in [6.07, 6.45) is 0.877. The summed E-state index contributed by atoms with van der Waals surface area (Å²) in [4.78, 5) is 41.9. The van der Waals surface area contributed by atoms with Crippen molar-refractivity contribution in [2.45, 2.75) is 25.4 Å². The summed E-state index contributed by atoms with van der Waals surface area (Å²) in [5, 5.41) is 7.12. The summed E-state index contributed by atoms with van der Waals surface area (Å²) < 4.78 is 37.1. The number of hydrogen-bond acceptors (Lipinski definition) is 5. The zero-order valence-electron chi connectivity index (χ0n) is 16.8. The van der Waals surface area contributed by atoms with E-state index in [2.05, 4.69) is 4.98 Å². The molecular formula is C20H24F3N3O5. The fraction of sp³-hybridized carbons (Fsp3) is 0.600. The van der Waals surface area contributed by atoms with Gasteiger partial charge >= 0.3 is 12.1 Å². The number of ether oxygens (including phenoxy) is 1. The van der Waals surface area contributed by atoms with E-state index in [0.717, 1.165) is 45.4 Å². The first-order valence-electron chi connectivity index (χ1n) is 9.97. The fourth-order valence-corrected chi connectivity index (χ4v) is 4.16. The Kier molecular flexibility index (Phi) is 6.83. The van der Waals surface area contributed by atoms with Crippen LogP contribution in [0.15, 0.2) is 24.5 Å². The molecule has 1 spiro atoms. The zero-order chi connectivity index (χ0) is 22.6. The molecule has 11 heteroatoms. The van der Waals surface area contributed by atoms with E-state index in [4.69, 9.17) is 14.6 Å². The lowest BCUT2D eigenvalue weighted by molar-refractivity contribution is -0.192. The molecule has 3 aliphatic rings. The van der Waals surface area contributed by atoms with Crippen molar-refractivity contribution in [1.82, 2.24) is 14.8 Å². The summed E-state index contributed by atoms with van der Waals surface area (Å²) >= 11 is 0. The van der Waals surface area contributed by atoms with Gasteiger partial charge in [-0.3, -0.25) is 14.6 Å². The summed E-state index contributed by atoms with van der Waals surface area (Å²) in [6, 6.07) is 3.60. The van der Waals surface area contributed by atoms with E-state index in [1.807, 2.05) is 15.9 Å². The lowest BCUT2D eigenvalue weighted by Gasteiger charge is -2.49. The molecule has 4 heterocycles. The van der Waals surface area contributed by atoms with Gasteiger partial charge in [0.2, 0.25) is 5.91 Å². The monoisotopic (exact) mass is 443 g/mol. The van der Waals surface area contributed by atoms with E-state index >= 15 is 0 Å². The molecule has 1 N–H and O–H groups in total. The molecule has 1 aromatic rings. The number of alkyl halides is 3. The van der Waals surface area contributed by atoms with Gasteiger partial charge in [-0.1, -0.05) is 0 Å². The van der Waals surface area contributed by atoms with Crippen molar-refractivity contribution >= 4 is 17.8 Å². The predicted octanol–water partition coefficient (Wildman–Crippen LogP) is 1.82. The van der Waals surface area contributed by atoms with Crippen molar-refractivity contribution in [3.05, 3.63) is 30.1 Å². The number of likely N-dealkylation sites (tertiary alicyclic amines) is 2. The Hall–Kier alpha value is -2.69. The third-order valence-electron chi connectivity index (χ3n) is 5.81. The highest BCUT2D eigenvalue weighted by Gasteiger charge is 2.51. The van der Waals surface area contributed by atoms with Crippen molar-refractivity contribution in [2.75, 3.05) is 39.4 Å². The van der Waals surface area contributed by atoms with Crippen LogP contribution >= 0.6 is 0 Å². The first-order valence-corrected chi connectivity index (χ1v) is 9.97. The molecule has 3 fully saturated rings. The van der Waals surface area contributed by atoms with Crippen LogP contribution < -0.4 is 0 Å². The van der Waals surface area contributed by atoms with Crippen LogP contribution in [0.5, 0.6) is 0 Å². The molecule has 0 unspecified atom stereocenters. The molecule has 0 atom stereocenters. The lowest BCUT2D eigenvalue weighted by Crippen LogP contribution is -2.61. The number of amides is 2. The Morgan fingerprint density at radius 1 is 1.13 bits per heavy atom. The van der Waals surface area contributed by atoms with Crippen molar-refractivity contribution in [1.29, 1.82) is 0 Å². The molecule has 0 aromatic carbocycles. The lowest BCUT2D eigenvalue weighted by atomic mass is 9.78. The number of aromatic nitrogens is 1. The van der Waals surface area contributed by atoms with Gasteiger partial charge in [0.1, 0.15) is 0 Å².